The third-order valence-corrected chi connectivity index (χ3v) is 3.04. The number of hydrogen-bond acceptors (Lipinski definition) is 3. The second-order valence-corrected chi connectivity index (χ2v) is 4.90. The van der Waals surface area contributed by atoms with Crippen LogP contribution in [0.5, 0.6) is 0 Å². The van der Waals surface area contributed by atoms with E-state index in [1.807, 2.05) is 18.4 Å². The van der Waals surface area contributed by atoms with E-state index in [1.54, 1.807) is 6.26 Å². The van der Waals surface area contributed by atoms with Crippen molar-refractivity contribution in [2.45, 2.75) is 19.9 Å². The molecule has 1 aromatic heterocycles. The SMILES string of the molecule is Cc1n[nH]c(=S)n1C(C)CS(C)=O. The molecular formula is C7H13N3OS2. The first-order valence-electron chi connectivity index (χ1n) is 3.96. The van der Waals surface area contributed by atoms with Crippen molar-refractivity contribution >= 4 is 23.0 Å². The highest BCUT2D eigenvalue weighted by atomic mass is 32.2. The molecule has 74 valence electrons. The molecule has 0 saturated carbocycles. The molecule has 0 saturated heterocycles. The van der Waals surface area contributed by atoms with Crippen molar-refractivity contribution < 1.29 is 4.21 Å². The highest BCUT2D eigenvalue weighted by molar-refractivity contribution is 7.84. The standard InChI is InChI=1S/C7H13N3OS2/c1-5(4-13(3)11)10-6(2)8-9-7(10)12/h5H,4H2,1-3H3,(H,9,12). The maximum absolute atomic E-state index is 11.0. The van der Waals surface area contributed by atoms with Gasteiger partial charge >= 0.3 is 0 Å². The zero-order valence-corrected chi connectivity index (χ0v) is 9.54. The van der Waals surface area contributed by atoms with Crippen molar-refractivity contribution in [2.24, 2.45) is 0 Å². The lowest BCUT2D eigenvalue weighted by Gasteiger charge is -2.11. The van der Waals surface area contributed by atoms with E-state index >= 15 is 0 Å². The van der Waals surface area contributed by atoms with E-state index in [-0.39, 0.29) is 6.04 Å². The normalized spacial score (nSPS) is 15.6. The largest absolute Gasteiger partial charge is 0.301 e. The first kappa shape index (κ1) is 10.6. The summed E-state index contributed by atoms with van der Waals surface area (Å²) in [4.78, 5) is 0. The Morgan fingerprint density at radius 3 is 2.77 bits per heavy atom. The van der Waals surface area contributed by atoms with Crippen LogP contribution in [0.4, 0.5) is 0 Å². The summed E-state index contributed by atoms with van der Waals surface area (Å²) in [5.74, 6) is 1.44. The van der Waals surface area contributed by atoms with Crippen LogP contribution < -0.4 is 0 Å². The highest BCUT2D eigenvalue weighted by Gasteiger charge is 2.10. The minimum atomic E-state index is -0.806. The van der Waals surface area contributed by atoms with Crippen molar-refractivity contribution in [3.05, 3.63) is 10.6 Å². The number of H-pyrrole nitrogens is 1. The van der Waals surface area contributed by atoms with Crippen LogP contribution in [-0.2, 0) is 10.8 Å². The van der Waals surface area contributed by atoms with Gasteiger partial charge in [0, 0.05) is 28.9 Å². The molecule has 0 spiro atoms. The summed E-state index contributed by atoms with van der Waals surface area (Å²) in [6.07, 6.45) is 1.69. The molecule has 6 heteroatoms. The number of aryl methyl sites for hydroxylation is 1. The van der Waals surface area contributed by atoms with E-state index in [1.165, 1.54) is 0 Å². The lowest BCUT2D eigenvalue weighted by molar-refractivity contribution is 0.574. The Bertz CT molecular complexity index is 368. The first-order chi connectivity index (χ1) is 6.02. The molecule has 1 rings (SSSR count). The summed E-state index contributed by atoms with van der Waals surface area (Å²) in [5.41, 5.74) is 0. The Labute approximate surface area is 84.8 Å². The molecular weight excluding hydrogens is 206 g/mol. The molecule has 1 N–H and O–H groups in total. The van der Waals surface area contributed by atoms with Crippen LogP contribution in [0.25, 0.3) is 0 Å². The van der Waals surface area contributed by atoms with Crippen molar-refractivity contribution in [3.63, 3.8) is 0 Å². The van der Waals surface area contributed by atoms with Gasteiger partial charge in [-0.05, 0) is 26.1 Å². The maximum Gasteiger partial charge on any atom is 0.195 e. The number of aromatic amines is 1. The van der Waals surface area contributed by atoms with Gasteiger partial charge in [0.2, 0.25) is 0 Å². The summed E-state index contributed by atoms with van der Waals surface area (Å²) in [5, 5.41) is 6.70. The number of nitrogens with zero attached hydrogens (tertiary/aromatic N) is 2. The van der Waals surface area contributed by atoms with E-state index in [9.17, 15) is 4.21 Å². The average molecular weight is 219 g/mol. The smallest absolute Gasteiger partial charge is 0.195 e. The van der Waals surface area contributed by atoms with Crippen molar-refractivity contribution in [2.75, 3.05) is 12.0 Å². The lowest BCUT2D eigenvalue weighted by Crippen LogP contribution is -2.14. The predicted octanol–water partition coefficient (Wildman–Crippen LogP) is 1.19. The summed E-state index contributed by atoms with van der Waals surface area (Å²) < 4.78 is 13.5. The molecule has 0 radical (unpaired) electrons. The van der Waals surface area contributed by atoms with Gasteiger partial charge in [0.1, 0.15) is 5.82 Å². The number of hydrogen-bond donors (Lipinski definition) is 1. The van der Waals surface area contributed by atoms with Gasteiger partial charge in [-0.1, -0.05) is 0 Å². The Hall–Kier alpha value is -0.490. The molecule has 0 aliphatic heterocycles. The van der Waals surface area contributed by atoms with Gasteiger partial charge in [0.05, 0.1) is 0 Å². The van der Waals surface area contributed by atoms with Crippen LogP contribution in [0, 0.1) is 11.7 Å². The molecule has 0 fully saturated rings. The van der Waals surface area contributed by atoms with Crippen LogP contribution in [0.15, 0.2) is 0 Å². The molecule has 1 aromatic rings. The predicted molar refractivity (Wildman–Crippen MR) is 55.8 cm³/mol. The second-order valence-electron chi connectivity index (χ2n) is 3.03. The fourth-order valence-corrected chi connectivity index (χ4v) is 2.50. The maximum atomic E-state index is 11.0. The minimum absolute atomic E-state index is 0.136. The molecule has 13 heavy (non-hydrogen) atoms. The number of nitrogens with one attached hydrogen (secondary N) is 1. The third-order valence-electron chi connectivity index (χ3n) is 1.80. The number of rotatable bonds is 3. The van der Waals surface area contributed by atoms with Crippen LogP contribution in [0.1, 0.15) is 18.8 Å². The monoisotopic (exact) mass is 219 g/mol. The Kier molecular flexibility index (Phi) is 3.38. The Morgan fingerprint density at radius 2 is 2.38 bits per heavy atom. The van der Waals surface area contributed by atoms with Crippen LogP contribution in [-0.4, -0.2) is 31.0 Å². The molecule has 0 aliphatic carbocycles. The summed E-state index contributed by atoms with van der Waals surface area (Å²) in [6, 6.07) is 0.136. The molecule has 0 bridgehead atoms. The molecule has 0 aromatic carbocycles. The summed E-state index contributed by atoms with van der Waals surface area (Å²) >= 11 is 5.05. The Balaban J connectivity index is 2.94. The topological polar surface area (TPSA) is 50.7 Å². The minimum Gasteiger partial charge on any atom is -0.301 e. The second kappa shape index (κ2) is 4.15. The van der Waals surface area contributed by atoms with Crippen LogP contribution in [0.2, 0.25) is 0 Å². The van der Waals surface area contributed by atoms with Gasteiger partial charge in [-0.15, -0.1) is 0 Å². The van der Waals surface area contributed by atoms with E-state index in [2.05, 4.69) is 10.2 Å². The van der Waals surface area contributed by atoms with Gasteiger partial charge in [0.25, 0.3) is 0 Å². The van der Waals surface area contributed by atoms with Gasteiger partial charge in [-0.2, -0.15) is 5.10 Å². The van der Waals surface area contributed by atoms with Crippen LogP contribution >= 0.6 is 12.2 Å². The highest BCUT2D eigenvalue weighted by Crippen LogP contribution is 2.09. The van der Waals surface area contributed by atoms with E-state index in [0.717, 1.165) is 5.82 Å². The van der Waals surface area contributed by atoms with Crippen molar-refractivity contribution in [1.82, 2.24) is 14.8 Å². The van der Waals surface area contributed by atoms with Gasteiger partial charge in [0.15, 0.2) is 4.77 Å². The molecule has 0 amide bonds. The molecule has 2 atom stereocenters. The quantitative estimate of drug-likeness (QED) is 0.777. The van der Waals surface area contributed by atoms with Gasteiger partial charge in [-0.3, -0.25) is 9.31 Å². The van der Waals surface area contributed by atoms with Gasteiger partial charge in [-0.25, -0.2) is 0 Å². The molecule has 4 nitrogen and oxygen atoms in total. The van der Waals surface area contributed by atoms with E-state index < -0.39 is 10.8 Å². The van der Waals surface area contributed by atoms with Crippen molar-refractivity contribution in [1.29, 1.82) is 0 Å². The molecule has 0 aliphatic rings. The lowest BCUT2D eigenvalue weighted by atomic mass is 10.4. The zero-order valence-electron chi connectivity index (χ0n) is 7.90. The van der Waals surface area contributed by atoms with Crippen molar-refractivity contribution in [3.8, 4) is 0 Å². The number of aromatic nitrogens is 3. The van der Waals surface area contributed by atoms with E-state index in [0.29, 0.717) is 10.5 Å². The fourth-order valence-electron chi connectivity index (χ4n) is 1.32. The average Bonchev–Trinajstić information content (AvgIpc) is 2.29. The fraction of sp³-hybridized carbons (Fsp3) is 0.714. The summed E-state index contributed by atoms with van der Waals surface area (Å²) in [6.45, 7) is 3.86. The molecule has 2 unspecified atom stereocenters. The third kappa shape index (κ3) is 2.47. The summed E-state index contributed by atoms with van der Waals surface area (Å²) in [7, 11) is -0.806. The van der Waals surface area contributed by atoms with Gasteiger partial charge < -0.3 is 4.57 Å². The molecule has 1 heterocycles. The first-order valence-corrected chi connectivity index (χ1v) is 6.09. The zero-order chi connectivity index (χ0) is 10.0. The van der Waals surface area contributed by atoms with Crippen LogP contribution in [0.3, 0.4) is 0 Å². The Morgan fingerprint density at radius 1 is 1.77 bits per heavy atom. The van der Waals surface area contributed by atoms with E-state index in [4.69, 9.17) is 12.2 Å².